The monoisotopic (exact) mass is 443 g/mol. The van der Waals surface area contributed by atoms with Crippen molar-refractivity contribution in [1.29, 1.82) is 0 Å². The van der Waals surface area contributed by atoms with E-state index in [2.05, 4.69) is 36.6 Å². The van der Waals surface area contributed by atoms with E-state index in [-0.39, 0.29) is 18.1 Å². The molecular formula is C18H26BrN3O3S. The highest BCUT2D eigenvalue weighted by Gasteiger charge is 2.32. The molecule has 26 heavy (non-hydrogen) atoms. The van der Waals surface area contributed by atoms with Crippen LogP contribution in [0, 0.1) is 5.92 Å². The van der Waals surface area contributed by atoms with Crippen LogP contribution in [0.1, 0.15) is 25.7 Å². The van der Waals surface area contributed by atoms with Gasteiger partial charge in [0.05, 0.1) is 19.0 Å². The normalized spacial score (nSPS) is 27.2. The second-order valence-corrected chi connectivity index (χ2v) is 9.86. The molecule has 1 saturated heterocycles. The number of aromatic nitrogens is 1. The van der Waals surface area contributed by atoms with Gasteiger partial charge < -0.3 is 9.64 Å². The highest BCUT2D eigenvalue weighted by Crippen LogP contribution is 2.27. The number of nitrogens with one attached hydrogen (secondary N) is 1. The van der Waals surface area contributed by atoms with E-state index in [0.717, 1.165) is 44.6 Å². The van der Waals surface area contributed by atoms with E-state index in [0.29, 0.717) is 6.61 Å². The first-order chi connectivity index (χ1) is 12.4. The number of sulfonamides is 1. The Kier molecular flexibility index (Phi) is 6.71. The number of piperidine rings is 1. The molecular weight excluding hydrogens is 418 g/mol. The van der Waals surface area contributed by atoms with Crippen molar-refractivity contribution in [1.82, 2.24) is 9.71 Å². The summed E-state index contributed by atoms with van der Waals surface area (Å²) < 4.78 is 33.7. The molecule has 3 atom stereocenters. The van der Waals surface area contributed by atoms with Crippen LogP contribution < -0.4 is 9.62 Å². The Balaban J connectivity index is 1.65. The summed E-state index contributed by atoms with van der Waals surface area (Å²) in [5.74, 6) is 1.02. The molecule has 0 radical (unpaired) electrons. The SMILES string of the molecule is CS(=O)(=O)NC1CCN(c2ccccn2)CC1COC1CC=C(Br)CC1. The van der Waals surface area contributed by atoms with Gasteiger partial charge in [0, 0.05) is 31.2 Å². The molecule has 2 heterocycles. The third-order valence-electron chi connectivity index (χ3n) is 4.93. The molecule has 1 aromatic heterocycles. The van der Waals surface area contributed by atoms with Crippen LogP contribution in [0.15, 0.2) is 35.0 Å². The number of hydrogen-bond donors (Lipinski definition) is 1. The van der Waals surface area contributed by atoms with E-state index in [4.69, 9.17) is 4.74 Å². The summed E-state index contributed by atoms with van der Waals surface area (Å²) in [6, 6.07) is 5.76. The van der Waals surface area contributed by atoms with Crippen molar-refractivity contribution in [2.75, 3.05) is 30.9 Å². The minimum absolute atomic E-state index is 0.0924. The molecule has 2 aliphatic rings. The van der Waals surface area contributed by atoms with Crippen LogP contribution >= 0.6 is 15.9 Å². The highest BCUT2D eigenvalue weighted by molar-refractivity contribution is 9.11. The zero-order valence-corrected chi connectivity index (χ0v) is 17.4. The van der Waals surface area contributed by atoms with Crippen LogP contribution in [0.2, 0.25) is 0 Å². The molecule has 1 aromatic rings. The minimum atomic E-state index is -3.24. The van der Waals surface area contributed by atoms with Gasteiger partial charge in [0.1, 0.15) is 5.82 Å². The first-order valence-corrected chi connectivity index (χ1v) is 11.7. The lowest BCUT2D eigenvalue weighted by Crippen LogP contribution is -2.52. The van der Waals surface area contributed by atoms with Crippen molar-refractivity contribution >= 4 is 31.8 Å². The van der Waals surface area contributed by atoms with Crippen molar-refractivity contribution < 1.29 is 13.2 Å². The maximum Gasteiger partial charge on any atom is 0.208 e. The van der Waals surface area contributed by atoms with E-state index in [9.17, 15) is 8.42 Å². The molecule has 0 bridgehead atoms. The Labute approximate surface area is 164 Å². The second kappa shape index (κ2) is 8.82. The largest absolute Gasteiger partial charge is 0.377 e. The van der Waals surface area contributed by atoms with Gasteiger partial charge in [-0.15, -0.1) is 0 Å². The fraction of sp³-hybridized carbons (Fsp3) is 0.611. The topological polar surface area (TPSA) is 71.5 Å². The maximum absolute atomic E-state index is 11.7. The molecule has 144 valence electrons. The van der Waals surface area contributed by atoms with Crippen molar-refractivity contribution in [2.24, 2.45) is 5.92 Å². The summed E-state index contributed by atoms with van der Waals surface area (Å²) in [5.41, 5.74) is 0. The number of halogens is 1. The van der Waals surface area contributed by atoms with Crippen molar-refractivity contribution in [3.63, 3.8) is 0 Å². The molecule has 1 fully saturated rings. The first-order valence-electron chi connectivity index (χ1n) is 9.00. The van der Waals surface area contributed by atoms with Crippen LogP contribution in [-0.4, -0.2) is 51.5 Å². The smallest absolute Gasteiger partial charge is 0.208 e. The van der Waals surface area contributed by atoms with Gasteiger partial charge >= 0.3 is 0 Å². The third kappa shape index (κ3) is 5.77. The molecule has 0 aromatic carbocycles. The van der Waals surface area contributed by atoms with Gasteiger partial charge in [-0.2, -0.15) is 0 Å². The minimum Gasteiger partial charge on any atom is -0.377 e. The van der Waals surface area contributed by atoms with Crippen LogP contribution in [0.3, 0.4) is 0 Å². The maximum atomic E-state index is 11.7. The zero-order valence-electron chi connectivity index (χ0n) is 15.0. The van der Waals surface area contributed by atoms with Gasteiger partial charge in [0.15, 0.2) is 0 Å². The average molecular weight is 444 g/mol. The number of rotatable bonds is 6. The van der Waals surface area contributed by atoms with Crippen molar-refractivity contribution in [3.8, 4) is 0 Å². The molecule has 1 aliphatic heterocycles. The summed E-state index contributed by atoms with van der Waals surface area (Å²) >= 11 is 3.53. The quantitative estimate of drug-likeness (QED) is 0.731. The van der Waals surface area contributed by atoms with E-state index in [1.807, 2.05) is 18.2 Å². The zero-order chi connectivity index (χ0) is 18.6. The molecule has 8 heteroatoms. The predicted molar refractivity (Wildman–Crippen MR) is 107 cm³/mol. The first kappa shape index (κ1) is 19.8. The van der Waals surface area contributed by atoms with E-state index in [1.165, 1.54) is 10.7 Å². The van der Waals surface area contributed by atoms with Gasteiger partial charge in [-0.05, 0) is 42.3 Å². The number of pyridine rings is 1. The molecule has 0 saturated carbocycles. The number of allylic oxidation sites excluding steroid dienone is 1. The Morgan fingerprint density at radius 2 is 2.23 bits per heavy atom. The van der Waals surface area contributed by atoms with Crippen molar-refractivity contribution in [2.45, 2.75) is 37.8 Å². The van der Waals surface area contributed by atoms with E-state index >= 15 is 0 Å². The van der Waals surface area contributed by atoms with Gasteiger partial charge in [0.25, 0.3) is 0 Å². The fourth-order valence-corrected chi connectivity index (χ4v) is 4.85. The molecule has 0 amide bonds. The highest BCUT2D eigenvalue weighted by atomic mass is 79.9. The van der Waals surface area contributed by atoms with Crippen LogP contribution in [0.4, 0.5) is 5.82 Å². The fourth-order valence-electron chi connectivity index (χ4n) is 3.57. The Morgan fingerprint density at radius 3 is 2.88 bits per heavy atom. The average Bonchev–Trinajstić information content (AvgIpc) is 2.62. The lowest BCUT2D eigenvalue weighted by molar-refractivity contribution is 0.0156. The Bertz CT molecular complexity index is 726. The molecule has 3 rings (SSSR count). The summed E-state index contributed by atoms with van der Waals surface area (Å²) in [5, 5.41) is 0. The lowest BCUT2D eigenvalue weighted by atomic mass is 9.93. The molecule has 1 N–H and O–H groups in total. The summed E-state index contributed by atoms with van der Waals surface area (Å²) in [7, 11) is -3.24. The van der Waals surface area contributed by atoms with Crippen LogP contribution in [0.25, 0.3) is 0 Å². The Morgan fingerprint density at radius 1 is 1.38 bits per heavy atom. The van der Waals surface area contributed by atoms with Crippen LogP contribution in [0.5, 0.6) is 0 Å². The standard InChI is InChI=1S/C18H26BrN3O3S/c1-26(23,24)21-17-9-11-22(18-4-2-3-10-20-18)12-14(17)13-25-16-7-5-15(19)6-8-16/h2-5,10,14,16-17,21H,6-9,11-13H2,1H3. The van der Waals surface area contributed by atoms with E-state index < -0.39 is 10.0 Å². The third-order valence-corrected chi connectivity index (χ3v) is 6.38. The van der Waals surface area contributed by atoms with Gasteiger partial charge in [-0.1, -0.05) is 28.1 Å². The Hall–Kier alpha value is -0.960. The number of ether oxygens (including phenoxy) is 1. The molecule has 0 spiro atoms. The number of hydrogen-bond acceptors (Lipinski definition) is 5. The lowest BCUT2D eigenvalue weighted by Gasteiger charge is -2.39. The second-order valence-electron chi connectivity index (χ2n) is 7.06. The molecule has 6 nitrogen and oxygen atoms in total. The van der Waals surface area contributed by atoms with Gasteiger partial charge in [0.2, 0.25) is 10.0 Å². The molecule has 1 aliphatic carbocycles. The summed E-state index contributed by atoms with van der Waals surface area (Å²) in [6.07, 6.45) is 9.03. The summed E-state index contributed by atoms with van der Waals surface area (Å²) in [6.45, 7) is 2.06. The van der Waals surface area contributed by atoms with E-state index in [1.54, 1.807) is 6.20 Å². The molecule has 3 unspecified atom stereocenters. The number of anilines is 1. The van der Waals surface area contributed by atoms with Gasteiger partial charge in [-0.25, -0.2) is 18.1 Å². The van der Waals surface area contributed by atoms with Crippen molar-refractivity contribution in [3.05, 3.63) is 35.0 Å². The van der Waals surface area contributed by atoms with Gasteiger partial charge in [-0.3, -0.25) is 0 Å². The number of nitrogens with zero attached hydrogens (tertiary/aromatic N) is 2. The summed E-state index contributed by atoms with van der Waals surface area (Å²) in [4.78, 5) is 6.64. The predicted octanol–water partition coefficient (Wildman–Crippen LogP) is 2.67. The van der Waals surface area contributed by atoms with Crippen LogP contribution in [-0.2, 0) is 14.8 Å².